The van der Waals surface area contributed by atoms with Gasteiger partial charge in [-0.25, -0.2) is 8.78 Å². The van der Waals surface area contributed by atoms with E-state index < -0.39 is 23.4 Å². The Morgan fingerprint density at radius 1 is 0.857 bits per heavy atom. The number of aryl methyl sites for hydroxylation is 2. The highest BCUT2D eigenvalue weighted by Gasteiger charge is 2.30. The number of amides is 1. The molecule has 1 aliphatic rings. The summed E-state index contributed by atoms with van der Waals surface area (Å²) in [5.41, 5.74) is 4.53. The molecule has 0 radical (unpaired) electrons. The second kappa shape index (κ2) is 15.9. The molecule has 0 atom stereocenters. The smallest absolute Gasteiger partial charge is 0.339 e. The Balaban J connectivity index is 1.40. The van der Waals surface area contributed by atoms with Crippen molar-refractivity contribution >= 4 is 5.91 Å². The molecular formula is C39H43F5N4O. The molecule has 0 bridgehead atoms. The number of nitrogens with one attached hydrogen (secondary N) is 1. The van der Waals surface area contributed by atoms with Crippen molar-refractivity contribution in [3.05, 3.63) is 123 Å². The second-order valence-electron chi connectivity index (χ2n) is 12.6. The molecule has 1 N–H and O–H groups in total. The maximum atomic E-state index is 14.5. The summed E-state index contributed by atoms with van der Waals surface area (Å²) in [7, 11) is 0. The van der Waals surface area contributed by atoms with Crippen LogP contribution in [0.4, 0.5) is 22.0 Å². The summed E-state index contributed by atoms with van der Waals surface area (Å²) in [5, 5.41) is 9.15. The topological polar surface area (TPSA) is 52.3 Å². The Hall–Kier alpha value is -4.31. The molecule has 1 aromatic heterocycles. The minimum absolute atomic E-state index is 0.0610. The molecule has 3 aromatic carbocycles. The van der Waals surface area contributed by atoms with Gasteiger partial charge >= 0.3 is 6.18 Å². The van der Waals surface area contributed by atoms with E-state index >= 15 is 0 Å². The molecule has 0 aliphatic heterocycles. The minimum atomic E-state index is -4.40. The molecule has 5 rings (SSSR count). The Labute approximate surface area is 284 Å². The van der Waals surface area contributed by atoms with Crippen molar-refractivity contribution in [2.75, 3.05) is 26.2 Å². The van der Waals surface area contributed by atoms with E-state index in [1.54, 1.807) is 12.1 Å². The van der Waals surface area contributed by atoms with Gasteiger partial charge in [0, 0.05) is 31.0 Å². The van der Waals surface area contributed by atoms with E-state index in [-0.39, 0.29) is 24.4 Å². The van der Waals surface area contributed by atoms with Crippen LogP contribution in [0, 0.1) is 17.0 Å². The maximum absolute atomic E-state index is 14.5. The lowest BCUT2D eigenvalue weighted by atomic mass is 9.93. The molecule has 0 fully saturated rings. The van der Waals surface area contributed by atoms with Gasteiger partial charge in [-0.1, -0.05) is 62.4 Å². The highest BCUT2D eigenvalue weighted by molar-refractivity contribution is 5.76. The Morgan fingerprint density at radius 2 is 1.51 bits per heavy atom. The number of carbonyl (C=O) groups excluding carboxylic acids is 1. The number of fused-ring (bicyclic) bond motifs is 1. The summed E-state index contributed by atoms with van der Waals surface area (Å²) in [6.07, 6.45) is -0.409. The van der Waals surface area contributed by atoms with Gasteiger partial charge in [-0.3, -0.25) is 4.79 Å². The fourth-order valence-corrected chi connectivity index (χ4v) is 6.59. The molecule has 0 spiro atoms. The SMILES string of the molecule is CCN(CC)CCN(Cc1ccc(-c2ccc(C(F)(F)F)cc2)cc1)C(=O)Cn1c(CCc2cccc(F)c2F)cc(=N)c2c1CCCC2. The van der Waals surface area contributed by atoms with Crippen molar-refractivity contribution < 1.29 is 26.7 Å². The molecule has 1 heterocycles. The number of likely N-dealkylation sites (N-methyl/N-ethyl adjacent to an activating group) is 1. The minimum Gasteiger partial charge on any atom is -0.339 e. The Kier molecular flexibility index (Phi) is 11.7. The van der Waals surface area contributed by atoms with E-state index in [4.69, 9.17) is 5.41 Å². The molecule has 1 amide bonds. The number of rotatable bonds is 13. The van der Waals surface area contributed by atoms with Crippen LogP contribution in [0.15, 0.2) is 72.8 Å². The average molecular weight is 679 g/mol. The molecule has 0 saturated heterocycles. The van der Waals surface area contributed by atoms with Crippen LogP contribution in [0.2, 0.25) is 0 Å². The highest BCUT2D eigenvalue weighted by Crippen LogP contribution is 2.31. The van der Waals surface area contributed by atoms with Crippen LogP contribution in [-0.2, 0) is 49.7 Å². The van der Waals surface area contributed by atoms with Crippen molar-refractivity contribution in [1.82, 2.24) is 14.4 Å². The fourth-order valence-electron chi connectivity index (χ4n) is 6.59. The summed E-state index contributed by atoms with van der Waals surface area (Å²) < 4.78 is 69.6. The monoisotopic (exact) mass is 678 g/mol. The number of benzene rings is 3. The average Bonchev–Trinajstić information content (AvgIpc) is 3.10. The molecule has 5 nitrogen and oxygen atoms in total. The summed E-state index contributed by atoms with van der Waals surface area (Å²) in [6.45, 7) is 7.42. The number of carbonyl (C=O) groups is 1. The summed E-state index contributed by atoms with van der Waals surface area (Å²) in [5.74, 6) is -1.86. The van der Waals surface area contributed by atoms with Gasteiger partial charge in [0.05, 0.1) is 10.9 Å². The van der Waals surface area contributed by atoms with Crippen molar-refractivity contribution in [3.8, 4) is 11.1 Å². The van der Waals surface area contributed by atoms with Gasteiger partial charge in [-0.15, -0.1) is 0 Å². The Bertz CT molecular complexity index is 1790. The van der Waals surface area contributed by atoms with Gasteiger partial charge in [0.15, 0.2) is 11.6 Å². The van der Waals surface area contributed by atoms with Crippen molar-refractivity contribution in [2.24, 2.45) is 0 Å². The first kappa shape index (κ1) is 36.0. The van der Waals surface area contributed by atoms with Crippen molar-refractivity contribution in [1.29, 1.82) is 5.41 Å². The van der Waals surface area contributed by atoms with E-state index in [0.29, 0.717) is 37.0 Å². The molecule has 0 unspecified atom stereocenters. The van der Waals surface area contributed by atoms with Gasteiger partial charge in [0.2, 0.25) is 5.91 Å². The zero-order chi connectivity index (χ0) is 35.1. The highest BCUT2D eigenvalue weighted by atomic mass is 19.4. The summed E-state index contributed by atoms with van der Waals surface area (Å²) >= 11 is 0. The molecule has 4 aromatic rings. The van der Waals surface area contributed by atoms with Gasteiger partial charge in [-0.2, -0.15) is 13.2 Å². The van der Waals surface area contributed by atoms with Crippen molar-refractivity contribution in [2.45, 2.75) is 71.6 Å². The lowest BCUT2D eigenvalue weighted by molar-refractivity contribution is -0.137. The number of alkyl halides is 3. The van der Waals surface area contributed by atoms with Gasteiger partial charge in [-0.05, 0) is 104 Å². The van der Waals surface area contributed by atoms with E-state index in [1.165, 1.54) is 18.2 Å². The molecule has 49 heavy (non-hydrogen) atoms. The largest absolute Gasteiger partial charge is 0.416 e. The zero-order valence-corrected chi connectivity index (χ0v) is 28.1. The van der Waals surface area contributed by atoms with Gasteiger partial charge < -0.3 is 19.8 Å². The van der Waals surface area contributed by atoms with Gasteiger partial charge in [0.25, 0.3) is 0 Å². The number of pyridine rings is 1. The van der Waals surface area contributed by atoms with Crippen LogP contribution in [0.1, 0.15) is 60.3 Å². The second-order valence-corrected chi connectivity index (χ2v) is 12.6. The normalized spacial score (nSPS) is 13.1. The van der Waals surface area contributed by atoms with Crippen LogP contribution in [0.25, 0.3) is 11.1 Å². The number of hydrogen-bond donors (Lipinski definition) is 1. The van der Waals surface area contributed by atoms with E-state index in [1.807, 2.05) is 33.7 Å². The standard InChI is InChI=1S/C39H43F5N4O/c1-3-46(4-2)22-23-47(25-27-12-14-28(15-13-27)29-16-19-31(20-17-29)39(42,43)44)37(49)26-48-32(21-18-30-8-7-10-34(40)38(30)41)24-35(45)33-9-5-6-11-36(33)48/h7-8,10,12-17,19-20,24,45H,3-6,9,11,18,21-23,25-26H2,1-2H3. The molecule has 10 heteroatoms. The zero-order valence-electron chi connectivity index (χ0n) is 28.1. The first-order valence-corrected chi connectivity index (χ1v) is 17.0. The molecule has 260 valence electrons. The van der Waals surface area contributed by atoms with Crippen LogP contribution in [0.3, 0.4) is 0 Å². The van der Waals surface area contributed by atoms with Crippen LogP contribution >= 0.6 is 0 Å². The fraction of sp³-hybridized carbons (Fsp3) is 0.385. The summed E-state index contributed by atoms with van der Waals surface area (Å²) in [6, 6.07) is 18.5. The van der Waals surface area contributed by atoms with E-state index in [0.717, 1.165) is 85.1 Å². The van der Waals surface area contributed by atoms with E-state index in [2.05, 4.69) is 18.7 Å². The van der Waals surface area contributed by atoms with Gasteiger partial charge in [0.1, 0.15) is 6.54 Å². The van der Waals surface area contributed by atoms with E-state index in [9.17, 15) is 26.7 Å². The Morgan fingerprint density at radius 3 is 2.16 bits per heavy atom. The first-order chi connectivity index (χ1) is 23.5. The number of aromatic nitrogens is 1. The predicted octanol–water partition coefficient (Wildman–Crippen LogP) is 7.97. The molecule has 1 aliphatic carbocycles. The predicted molar refractivity (Wildman–Crippen MR) is 181 cm³/mol. The first-order valence-electron chi connectivity index (χ1n) is 17.0. The quantitative estimate of drug-likeness (QED) is 0.146. The number of halogens is 5. The third kappa shape index (κ3) is 8.84. The lowest BCUT2D eigenvalue weighted by Crippen LogP contribution is -2.41. The third-order valence-corrected chi connectivity index (χ3v) is 9.53. The number of hydrogen-bond acceptors (Lipinski definition) is 3. The lowest BCUT2D eigenvalue weighted by Gasteiger charge is -2.30. The molecular weight excluding hydrogens is 635 g/mol. The maximum Gasteiger partial charge on any atom is 0.416 e. The molecule has 0 saturated carbocycles. The van der Waals surface area contributed by atoms with Crippen LogP contribution in [-0.4, -0.2) is 46.5 Å². The summed E-state index contributed by atoms with van der Waals surface area (Å²) in [4.78, 5) is 18.3. The van der Waals surface area contributed by atoms with Crippen molar-refractivity contribution in [3.63, 3.8) is 0 Å². The van der Waals surface area contributed by atoms with Crippen LogP contribution in [0.5, 0.6) is 0 Å². The van der Waals surface area contributed by atoms with Crippen LogP contribution < -0.4 is 5.36 Å². The number of nitrogens with zero attached hydrogens (tertiary/aromatic N) is 3. The third-order valence-electron chi connectivity index (χ3n) is 9.53.